The standard InChI is InChI=1S/C31H52O2/c1-19(2)26(33)21(4)17-20(3)22-11-13-29(8)24-10-9-23-27(5,6)25(32)12-14-30(23)18-31(24,30)16-15-28(22,29)7/h19-20,22-26,32-33H,4,9-18H2,1-3,5-8H3. The van der Waals surface area contributed by atoms with Gasteiger partial charge in [-0.15, -0.1) is 0 Å². The van der Waals surface area contributed by atoms with Crippen LogP contribution in [0.1, 0.15) is 113 Å². The Hall–Kier alpha value is -0.340. The average Bonchev–Trinajstić information content (AvgIpc) is 3.32. The molecule has 0 amide bonds. The van der Waals surface area contributed by atoms with Crippen molar-refractivity contribution in [3.05, 3.63) is 12.2 Å². The van der Waals surface area contributed by atoms with Crippen molar-refractivity contribution in [2.24, 2.45) is 56.7 Å². The van der Waals surface area contributed by atoms with Gasteiger partial charge >= 0.3 is 0 Å². The average molecular weight is 457 g/mol. The van der Waals surface area contributed by atoms with Gasteiger partial charge in [-0.2, -0.15) is 0 Å². The van der Waals surface area contributed by atoms with Crippen LogP contribution in [0.3, 0.4) is 0 Å². The van der Waals surface area contributed by atoms with Crippen molar-refractivity contribution in [1.82, 2.24) is 0 Å². The molecule has 0 heterocycles. The van der Waals surface area contributed by atoms with E-state index in [-0.39, 0.29) is 23.5 Å². The summed E-state index contributed by atoms with van der Waals surface area (Å²) in [4.78, 5) is 0. The van der Waals surface area contributed by atoms with Gasteiger partial charge in [0.05, 0.1) is 12.2 Å². The quantitative estimate of drug-likeness (QED) is 0.423. The summed E-state index contributed by atoms with van der Waals surface area (Å²) in [7, 11) is 0. The first-order valence-corrected chi connectivity index (χ1v) is 14.3. The van der Waals surface area contributed by atoms with E-state index in [0.717, 1.165) is 36.2 Å². The van der Waals surface area contributed by atoms with Gasteiger partial charge in [-0.3, -0.25) is 0 Å². The van der Waals surface area contributed by atoms with Crippen molar-refractivity contribution in [3.63, 3.8) is 0 Å². The maximum absolute atomic E-state index is 10.9. The van der Waals surface area contributed by atoms with E-state index < -0.39 is 0 Å². The van der Waals surface area contributed by atoms with E-state index in [4.69, 9.17) is 0 Å². The maximum atomic E-state index is 10.9. The highest BCUT2D eigenvalue weighted by molar-refractivity contribution is 5.30. The molecule has 5 aliphatic carbocycles. The highest BCUT2D eigenvalue weighted by Crippen LogP contribution is 2.89. The number of hydrogen-bond acceptors (Lipinski definition) is 2. The first-order valence-electron chi connectivity index (χ1n) is 14.3. The molecule has 0 aromatic rings. The molecule has 2 heteroatoms. The fourth-order valence-electron chi connectivity index (χ4n) is 11.4. The van der Waals surface area contributed by atoms with Crippen LogP contribution in [-0.2, 0) is 0 Å². The Labute approximate surface area is 204 Å². The fourth-order valence-corrected chi connectivity index (χ4v) is 11.4. The van der Waals surface area contributed by atoms with Crippen LogP contribution in [0.15, 0.2) is 12.2 Å². The van der Waals surface area contributed by atoms with Crippen molar-refractivity contribution >= 4 is 0 Å². The van der Waals surface area contributed by atoms with E-state index in [1.807, 2.05) is 0 Å². The summed E-state index contributed by atoms with van der Waals surface area (Å²) in [5.74, 6) is 3.18. The van der Waals surface area contributed by atoms with Gasteiger partial charge in [0, 0.05) is 0 Å². The Morgan fingerprint density at radius 2 is 1.48 bits per heavy atom. The zero-order chi connectivity index (χ0) is 24.2. The minimum Gasteiger partial charge on any atom is -0.393 e. The molecule has 0 aliphatic heterocycles. The summed E-state index contributed by atoms with van der Waals surface area (Å²) in [5, 5.41) is 21.4. The molecule has 0 aromatic carbocycles. The zero-order valence-electron chi connectivity index (χ0n) is 22.7. The van der Waals surface area contributed by atoms with Gasteiger partial charge in [-0.25, -0.2) is 0 Å². The SMILES string of the molecule is C=C(CC(C)C1CCC2(C)C3CCC4C(C)(C)C(O)CCC45CC35CCC12C)C(O)C(C)C. The summed E-state index contributed by atoms with van der Waals surface area (Å²) in [5.41, 5.74) is 3.08. The molecule has 0 aromatic heterocycles. The van der Waals surface area contributed by atoms with Gasteiger partial charge in [0.2, 0.25) is 0 Å². The summed E-state index contributed by atoms with van der Waals surface area (Å²) in [6, 6.07) is 0. The number of fused-ring (bicyclic) bond motifs is 2. The fraction of sp³-hybridized carbons (Fsp3) is 0.935. The molecule has 0 radical (unpaired) electrons. The van der Waals surface area contributed by atoms with Gasteiger partial charge in [-0.1, -0.05) is 55.0 Å². The van der Waals surface area contributed by atoms with Gasteiger partial charge in [0.1, 0.15) is 0 Å². The lowest BCUT2D eigenvalue weighted by Gasteiger charge is -2.63. The minimum atomic E-state index is -0.366. The second-order valence-corrected chi connectivity index (χ2v) is 15.1. The van der Waals surface area contributed by atoms with Gasteiger partial charge in [0.25, 0.3) is 0 Å². The van der Waals surface area contributed by atoms with Crippen LogP contribution in [0.5, 0.6) is 0 Å². The van der Waals surface area contributed by atoms with Crippen LogP contribution in [0.4, 0.5) is 0 Å². The first-order chi connectivity index (χ1) is 15.3. The largest absolute Gasteiger partial charge is 0.393 e. The second-order valence-electron chi connectivity index (χ2n) is 15.1. The maximum Gasteiger partial charge on any atom is 0.0770 e. The Morgan fingerprint density at radius 3 is 2.15 bits per heavy atom. The molecule has 0 saturated heterocycles. The minimum absolute atomic E-state index is 0.0821. The molecule has 5 saturated carbocycles. The molecule has 5 aliphatic rings. The third-order valence-corrected chi connectivity index (χ3v) is 13.5. The third-order valence-electron chi connectivity index (χ3n) is 13.5. The number of aliphatic hydroxyl groups excluding tert-OH is 2. The highest BCUT2D eigenvalue weighted by atomic mass is 16.3. The molecule has 5 rings (SSSR count). The second kappa shape index (κ2) is 7.34. The van der Waals surface area contributed by atoms with Gasteiger partial charge < -0.3 is 10.2 Å². The van der Waals surface area contributed by atoms with Gasteiger partial charge in [0.15, 0.2) is 0 Å². The molecule has 188 valence electrons. The molecule has 10 unspecified atom stereocenters. The van der Waals surface area contributed by atoms with Crippen molar-refractivity contribution in [1.29, 1.82) is 0 Å². The van der Waals surface area contributed by atoms with E-state index in [2.05, 4.69) is 55.0 Å². The molecule has 2 N–H and O–H groups in total. The number of rotatable bonds is 5. The Balaban J connectivity index is 1.39. The molecule has 2 spiro atoms. The van der Waals surface area contributed by atoms with E-state index in [1.165, 1.54) is 51.4 Å². The molecular formula is C31H52O2. The summed E-state index contributed by atoms with van der Waals surface area (Å²) in [6.45, 7) is 21.0. The zero-order valence-corrected chi connectivity index (χ0v) is 22.7. The predicted molar refractivity (Wildman–Crippen MR) is 137 cm³/mol. The van der Waals surface area contributed by atoms with E-state index in [1.54, 1.807) is 0 Å². The predicted octanol–water partition coefficient (Wildman–Crippen LogP) is 7.39. The lowest BCUT2D eigenvalue weighted by atomic mass is 9.41. The lowest BCUT2D eigenvalue weighted by molar-refractivity contribution is -0.161. The van der Waals surface area contributed by atoms with Crippen molar-refractivity contribution in [3.8, 4) is 0 Å². The highest BCUT2D eigenvalue weighted by Gasteiger charge is 2.82. The molecule has 33 heavy (non-hydrogen) atoms. The van der Waals surface area contributed by atoms with Crippen LogP contribution in [-0.4, -0.2) is 22.4 Å². The molecule has 0 bridgehead atoms. The summed E-state index contributed by atoms with van der Waals surface area (Å²) in [6.07, 6.45) is 12.5. The normalized spacial score (nSPS) is 51.7. The Morgan fingerprint density at radius 1 is 0.848 bits per heavy atom. The molecular weight excluding hydrogens is 404 g/mol. The summed E-state index contributed by atoms with van der Waals surface area (Å²) < 4.78 is 0. The smallest absolute Gasteiger partial charge is 0.0770 e. The number of hydrogen-bond donors (Lipinski definition) is 2. The topological polar surface area (TPSA) is 40.5 Å². The van der Waals surface area contributed by atoms with E-state index in [9.17, 15) is 10.2 Å². The van der Waals surface area contributed by atoms with Crippen molar-refractivity contribution < 1.29 is 10.2 Å². The Kier molecular flexibility index (Phi) is 5.42. The third kappa shape index (κ3) is 2.92. The van der Waals surface area contributed by atoms with Gasteiger partial charge in [-0.05, 0) is 126 Å². The van der Waals surface area contributed by atoms with Crippen LogP contribution in [0.2, 0.25) is 0 Å². The summed E-state index contributed by atoms with van der Waals surface area (Å²) >= 11 is 0. The molecule has 10 atom stereocenters. The van der Waals surface area contributed by atoms with Crippen LogP contribution in [0, 0.1) is 56.7 Å². The number of aliphatic hydroxyl groups is 2. The molecule has 5 fully saturated rings. The van der Waals surface area contributed by atoms with Crippen molar-refractivity contribution in [2.75, 3.05) is 0 Å². The van der Waals surface area contributed by atoms with E-state index in [0.29, 0.717) is 27.6 Å². The molecule has 2 nitrogen and oxygen atoms in total. The first kappa shape index (κ1) is 24.4. The van der Waals surface area contributed by atoms with E-state index >= 15 is 0 Å². The Bertz CT molecular complexity index is 814. The monoisotopic (exact) mass is 456 g/mol. The van der Waals surface area contributed by atoms with Crippen LogP contribution < -0.4 is 0 Å². The van der Waals surface area contributed by atoms with Crippen LogP contribution in [0.25, 0.3) is 0 Å². The van der Waals surface area contributed by atoms with Crippen LogP contribution >= 0.6 is 0 Å². The lowest BCUT2D eigenvalue weighted by Crippen LogP contribution is -2.57. The van der Waals surface area contributed by atoms with Crippen molar-refractivity contribution in [2.45, 2.75) is 125 Å².